The highest BCUT2D eigenvalue weighted by Crippen LogP contribution is 2.38. The summed E-state index contributed by atoms with van der Waals surface area (Å²) in [5, 5.41) is 38.0. The number of nitrogens with one attached hydrogen (secondary N) is 1. The molecular weight excluding hydrogens is 777 g/mol. The molecule has 0 bridgehead atoms. The third-order valence-electron chi connectivity index (χ3n) is 12.4. The number of allylic oxidation sites excluding steroid dienone is 2. The van der Waals surface area contributed by atoms with Gasteiger partial charge in [-0.1, -0.05) is 72.8 Å². The maximum Gasteiger partial charge on any atom is 0.307 e. The second kappa shape index (κ2) is 22.7. The molecule has 2 aliphatic rings. The van der Waals surface area contributed by atoms with Gasteiger partial charge in [0.25, 0.3) is 0 Å². The fraction of sp³-hybridized carbons (Fsp3) is 0.500. The Bertz CT molecular complexity index is 2010. The molecule has 2 fully saturated rings. The average Bonchev–Trinajstić information content (AvgIpc) is 3.79. The number of anilines is 1. The number of nitrogens with zero attached hydrogens (tertiary/aromatic N) is 3. The van der Waals surface area contributed by atoms with Crippen LogP contribution < -0.4 is 5.32 Å². The van der Waals surface area contributed by atoms with Gasteiger partial charge in [0, 0.05) is 67.5 Å². The average molecular weight is 841 g/mol. The molecule has 2 unspecified atom stereocenters. The standard InChI is InChI=1S/C48H64N4O7S/c1-34-17-18-37(32-51-27-25-40(33-51)50-45-15-10-13-39-31-49-26-23-42(39)45)29-38(34)24-28-52(60(57)58)35(2)59-48(56)16-9-4-3-8-14-43-44(47(55)30-46(43)54)22-21-41(53)20-19-36-11-6-5-7-12-36/h3,5-8,10-13,15,17-18,23,26,29,31,35,40-41,43-44,46-47,50,53-55H,4,9,14,16,19-22,24-25,27-28,30,32-33H2,1-2H3,(H,57,58)/t35?,40-,41+,43-,44-,46+,47-/m1/s1. The summed E-state index contributed by atoms with van der Waals surface area (Å²) in [4.78, 5) is 19.5. The third kappa shape index (κ3) is 13.2. The molecule has 8 atom stereocenters. The summed E-state index contributed by atoms with van der Waals surface area (Å²) in [6.07, 6.45) is 11.8. The molecule has 2 heterocycles. The monoisotopic (exact) mass is 840 g/mol. The topological polar surface area (TPSA) is 156 Å². The predicted octanol–water partition coefficient (Wildman–Crippen LogP) is 7.35. The molecule has 1 saturated carbocycles. The zero-order valence-electron chi connectivity index (χ0n) is 35.1. The van der Waals surface area contributed by atoms with Crippen molar-refractivity contribution in [3.05, 3.63) is 120 Å². The zero-order valence-corrected chi connectivity index (χ0v) is 36.0. The summed E-state index contributed by atoms with van der Waals surface area (Å²) in [5.74, 6) is -0.590. The molecule has 4 aromatic rings. The summed E-state index contributed by atoms with van der Waals surface area (Å²) in [6.45, 7) is 6.66. The molecule has 1 saturated heterocycles. The van der Waals surface area contributed by atoms with E-state index >= 15 is 0 Å². The first kappa shape index (κ1) is 45.5. The number of unbranched alkanes of at least 4 members (excludes halogenated alkanes) is 1. The van der Waals surface area contributed by atoms with Crippen molar-refractivity contribution in [2.75, 3.05) is 25.0 Å². The van der Waals surface area contributed by atoms with Gasteiger partial charge < -0.3 is 25.4 Å². The van der Waals surface area contributed by atoms with Crippen LogP contribution in [0.5, 0.6) is 0 Å². The summed E-state index contributed by atoms with van der Waals surface area (Å²) in [7, 11) is 0. The van der Waals surface area contributed by atoms with E-state index in [0.717, 1.165) is 54.7 Å². The molecule has 0 amide bonds. The molecule has 1 aromatic heterocycles. The van der Waals surface area contributed by atoms with E-state index in [4.69, 9.17) is 4.74 Å². The number of aryl methyl sites for hydroxylation is 2. The Balaban J connectivity index is 0.894. The van der Waals surface area contributed by atoms with E-state index < -0.39 is 41.8 Å². The first-order valence-electron chi connectivity index (χ1n) is 21.7. The first-order chi connectivity index (χ1) is 29.0. The van der Waals surface area contributed by atoms with Crippen molar-refractivity contribution in [1.82, 2.24) is 14.2 Å². The van der Waals surface area contributed by atoms with E-state index in [1.54, 1.807) is 6.92 Å². The Labute approximate surface area is 358 Å². The molecule has 1 aliphatic carbocycles. The number of hydrogen-bond acceptors (Lipinski definition) is 9. The van der Waals surface area contributed by atoms with Crippen LogP contribution >= 0.6 is 0 Å². The fourth-order valence-electron chi connectivity index (χ4n) is 8.99. The second-order valence-corrected chi connectivity index (χ2v) is 17.7. The Morgan fingerprint density at radius 3 is 2.65 bits per heavy atom. The Hall–Kier alpha value is -4.01. The quantitative estimate of drug-likeness (QED) is 0.0178. The van der Waals surface area contributed by atoms with Gasteiger partial charge in [-0.3, -0.25) is 19.2 Å². The van der Waals surface area contributed by atoms with Crippen LogP contribution in [0.4, 0.5) is 5.69 Å². The van der Waals surface area contributed by atoms with Crippen molar-refractivity contribution in [2.45, 2.75) is 122 Å². The Kier molecular flexibility index (Phi) is 17.2. The molecule has 0 spiro atoms. The van der Waals surface area contributed by atoms with Gasteiger partial charge in [0.05, 0.1) is 18.3 Å². The number of fused-ring (bicyclic) bond motifs is 1. The summed E-state index contributed by atoms with van der Waals surface area (Å²) < 4.78 is 29.5. The van der Waals surface area contributed by atoms with Crippen molar-refractivity contribution in [3.63, 3.8) is 0 Å². The SMILES string of the molecule is Cc1ccc(CN2CC[C@@H](Nc3cccc4cnccc34)C2)cc1CCN(C(C)OC(=O)CCCC=CC[C@@H]1[C@@H](CC[C@@H](O)CCc2ccccc2)[C@H](O)C[C@@H]1O)S(=O)O. The first-order valence-corrected chi connectivity index (χ1v) is 22.8. The molecule has 0 radical (unpaired) electrons. The van der Waals surface area contributed by atoms with Crippen molar-refractivity contribution < 1.29 is 33.6 Å². The number of carbonyl (C=O) groups is 1. The van der Waals surface area contributed by atoms with Gasteiger partial charge in [0.2, 0.25) is 11.3 Å². The van der Waals surface area contributed by atoms with Crippen molar-refractivity contribution >= 4 is 33.7 Å². The molecule has 6 rings (SSSR count). The number of aliphatic hydroxyl groups excluding tert-OH is 3. The lowest BCUT2D eigenvalue weighted by atomic mass is 9.85. The van der Waals surface area contributed by atoms with E-state index in [1.807, 2.05) is 49.7 Å². The molecule has 324 valence electrons. The minimum Gasteiger partial charge on any atom is -0.446 e. The number of carbonyl (C=O) groups excluding carboxylic acids is 1. The highest BCUT2D eigenvalue weighted by Gasteiger charge is 2.40. The largest absolute Gasteiger partial charge is 0.446 e. The minimum atomic E-state index is -2.33. The number of likely N-dealkylation sites (tertiary alicyclic amines) is 1. The molecular formula is C48H64N4O7S. The fourth-order valence-corrected chi connectivity index (χ4v) is 9.53. The van der Waals surface area contributed by atoms with Gasteiger partial charge in [0.1, 0.15) is 0 Å². The number of aromatic nitrogens is 1. The van der Waals surface area contributed by atoms with E-state index in [-0.39, 0.29) is 24.8 Å². The van der Waals surface area contributed by atoms with Crippen molar-refractivity contribution in [1.29, 1.82) is 0 Å². The highest BCUT2D eigenvalue weighted by molar-refractivity contribution is 7.76. The number of benzene rings is 3. The highest BCUT2D eigenvalue weighted by atomic mass is 32.2. The van der Waals surface area contributed by atoms with E-state index in [1.165, 1.54) is 20.8 Å². The predicted molar refractivity (Wildman–Crippen MR) is 238 cm³/mol. The van der Waals surface area contributed by atoms with Crippen molar-refractivity contribution in [3.8, 4) is 0 Å². The Morgan fingerprint density at radius 1 is 1.02 bits per heavy atom. The smallest absolute Gasteiger partial charge is 0.307 e. The molecule has 3 aromatic carbocycles. The summed E-state index contributed by atoms with van der Waals surface area (Å²) >= 11 is -2.33. The minimum absolute atomic E-state index is 0.0769. The van der Waals surface area contributed by atoms with Crippen LogP contribution in [0.2, 0.25) is 0 Å². The summed E-state index contributed by atoms with van der Waals surface area (Å²) in [6, 6.07) is 25.2. The second-order valence-electron chi connectivity index (χ2n) is 16.8. The van der Waals surface area contributed by atoms with E-state index in [9.17, 15) is 28.9 Å². The number of pyridine rings is 1. The van der Waals surface area contributed by atoms with Crippen LogP contribution in [0.15, 0.2) is 97.3 Å². The number of ether oxygens (including phenoxy) is 1. The van der Waals surface area contributed by atoms with Crippen LogP contribution in [-0.2, 0) is 40.2 Å². The van der Waals surface area contributed by atoms with Crippen molar-refractivity contribution in [2.24, 2.45) is 11.8 Å². The number of aliphatic hydroxyl groups is 3. The van der Waals surface area contributed by atoms with Crippen LogP contribution in [0.25, 0.3) is 10.8 Å². The van der Waals surface area contributed by atoms with E-state index in [0.29, 0.717) is 57.4 Å². The van der Waals surface area contributed by atoms with Crippen LogP contribution in [0.1, 0.15) is 87.0 Å². The number of esters is 1. The third-order valence-corrected chi connectivity index (χ3v) is 13.3. The molecule has 60 heavy (non-hydrogen) atoms. The van der Waals surface area contributed by atoms with Crippen LogP contribution in [0, 0.1) is 18.8 Å². The Morgan fingerprint density at radius 2 is 1.83 bits per heavy atom. The maximum atomic E-state index is 12.8. The van der Waals surface area contributed by atoms with E-state index in [2.05, 4.69) is 69.8 Å². The molecule has 5 N–H and O–H groups in total. The van der Waals surface area contributed by atoms with Gasteiger partial charge in [-0.2, -0.15) is 4.31 Å². The number of rotatable bonds is 22. The van der Waals surface area contributed by atoms with Crippen LogP contribution in [-0.4, -0.2) is 94.5 Å². The van der Waals surface area contributed by atoms with Gasteiger partial charge in [-0.05, 0) is 124 Å². The number of hydrogen-bond donors (Lipinski definition) is 5. The molecule has 11 nitrogen and oxygen atoms in total. The molecule has 12 heteroatoms. The van der Waals surface area contributed by atoms with Gasteiger partial charge in [-0.15, -0.1) is 0 Å². The normalized spacial score (nSPS) is 22.4. The lowest BCUT2D eigenvalue weighted by Crippen LogP contribution is -2.39. The zero-order chi connectivity index (χ0) is 42.4. The van der Waals surface area contributed by atoms with Gasteiger partial charge >= 0.3 is 5.97 Å². The lowest BCUT2D eigenvalue weighted by molar-refractivity contribution is -0.153. The van der Waals surface area contributed by atoms with Gasteiger partial charge in [-0.25, -0.2) is 4.21 Å². The maximum absolute atomic E-state index is 12.8. The van der Waals surface area contributed by atoms with Gasteiger partial charge in [0.15, 0.2) is 6.23 Å². The van der Waals surface area contributed by atoms with Crippen LogP contribution in [0.3, 0.4) is 0 Å². The summed E-state index contributed by atoms with van der Waals surface area (Å²) in [5.41, 5.74) is 5.71. The molecule has 1 aliphatic heterocycles. The lowest BCUT2D eigenvalue weighted by Gasteiger charge is -2.25.